The number of hydrogen-bond acceptors (Lipinski definition) is 3. The standard InChI is InChI=1S/C11H10Br2N2O2S/c12-8-3-4-9(13)11(5-8)18(16,17)15-10(6-14)7-1-2-7/h3-5,7,10,15H,1-2H2. The average Bonchev–Trinajstić information content (AvgIpc) is 3.13. The van der Waals surface area contributed by atoms with Crippen molar-refractivity contribution in [3.63, 3.8) is 0 Å². The summed E-state index contributed by atoms with van der Waals surface area (Å²) < 4.78 is 28.0. The third kappa shape index (κ3) is 3.12. The summed E-state index contributed by atoms with van der Waals surface area (Å²) in [6, 6.07) is 6.27. The van der Waals surface area contributed by atoms with Crippen LogP contribution in [0.5, 0.6) is 0 Å². The Hall–Kier alpha value is -0.420. The van der Waals surface area contributed by atoms with E-state index in [1.165, 1.54) is 6.07 Å². The maximum absolute atomic E-state index is 12.2. The van der Waals surface area contributed by atoms with E-state index in [-0.39, 0.29) is 10.8 Å². The second kappa shape index (κ2) is 5.29. The summed E-state index contributed by atoms with van der Waals surface area (Å²) >= 11 is 6.44. The predicted molar refractivity (Wildman–Crippen MR) is 74.3 cm³/mol. The Morgan fingerprint density at radius 2 is 2.06 bits per heavy atom. The van der Waals surface area contributed by atoms with Crippen LogP contribution in [0, 0.1) is 17.2 Å². The lowest BCUT2D eigenvalue weighted by Crippen LogP contribution is -2.35. The van der Waals surface area contributed by atoms with Gasteiger partial charge in [-0.05, 0) is 52.9 Å². The molecule has 1 atom stereocenters. The topological polar surface area (TPSA) is 70.0 Å². The summed E-state index contributed by atoms with van der Waals surface area (Å²) in [7, 11) is -3.68. The Labute approximate surface area is 123 Å². The Bertz CT molecular complexity index is 606. The molecule has 1 aliphatic rings. The lowest BCUT2D eigenvalue weighted by atomic mass is 10.2. The van der Waals surface area contributed by atoms with Crippen molar-refractivity contribution in [2.75, 3.05) is 0 Å². The first kappa shape index (κ1) is 14.0. The Morgan fingerprint density at radius 1 is 1.39 bits per heavy atom. The number of halogens is 2. The van der Waals surface area contributed by atoms with Gasteiger partial charge in [0.25, 0.3) is 0 Å². The zero-order valence-corrected chi connectivity index (χ0v) is 13.2. The van der Waals surface area contributed by atoms with E-state index in [0.717, 1.165) is 12.8 Å². The Morgan fingerprint density at radius 3 is 2.61 bits per heavy atom. The van der Waals surface area contributed by atoms with Gasteiger partial charge in [0.15, 0.2) is 0 Å². The molecule has 4 nitrogen and oxygen atoms in total. The van der Waals surface area contributed by atoms with Gasteiger partial charge in [0.05, 0.1) is 11.0 Å². The van der Waals surface area contributed by atoms with Crippen LogP contribution >= 0.6 is 31.9 Å². The van der Waals surface area contributed by atoms with Crippen molar-refractivity contribution in [3.8, 4) is 6.07 Å². The lowest BCUT2D eigenvalue weighted by molar-refractivity contribution is 0.559. The van der Waals surface area contributed by atoms with Crippen LogP contribution in [0.3, 0.4) is 0 Å². The fourth-order valence-corrected chi connectivity index (χ4v) is 4.28. The van der Waals surface area contributed by atoms with E-state index >= 15 is 0 Å². The number of benzene rings is 1. The molecule has 0 saturated heterocycles. The highest BCUT2D eigenvalue weighted by Gasteiger charge is 2.34. The molecule has 1 aromatic carbocycles. The van der Waals surface area contributed by atoms with Crippen molar-refractivity contribution < 1.29 is 8.42 Å². The summed E-state index contributed by atoms with van der Waals surface area (Å²) in [4.78, 5) is 0.137. The minimum atomic E-state index is -3.68. The van der Waals surface area contributed by atoms with Gasteiger partial charge in [0.2, 0.25) is 10.0 Å². The molecule has 0 heterocycles. The van der Waals surface area contributed by atoms with Crippen LogP contribution in [0.15, 0.2) is 32.0 Å². The van der Waals surface area contributed by atoms with Gasteiger partial charge in [-0.15, -0.1) is 0 Å². The molecule has 0 bridgehead atoms. The Kier molecular flexibility index (Phi) is 4.11. The number of nitrogens with one attached hydrogen (secondary N) is 1. The molecule has 1 unspecified atom stereocenters. The van der Waals surface area contributed by atoms with Crippen LogP contribution in [0.25, 0.3) is 0 Å². The minimum absolute atomic E-state index is 0.137. The van der Waals surface area contributed by atoms with E-state index in [0.29, 0.717) is 8.95 Å². The molecular formula is C11H10Br2N2O2S. The zero-order valence-electron chi connectivity index (χ0n) is 9.23. The molecule has 0 aromatic heterocycles. The predicted octanol–water partition coefficient (Wildman–Crippen LogP) is 2.79. The third-order valence-electron chi connectivity index (χ3n) is 2.70. The highest BCUT2D eigenvalue weighted by atomic mass is 79.9. The average molecular weight is 394 g/mol. The van der Waals surface area contributed by atoms with Crippen LogP contribution in [0.1, 0.15) is 12.8 Å². The van der Waals surface area contributed by atoms with Crippen LogP contribution in [0.2, 0.25) is 0 Å². The Balaban J connectivity index is 2.30. The maximum Gasteiger partial charge on any atom is 0.242 e. The summed E-state index contributed by atoms with van der Waals surface area (Å²) in [6.07, 6.45) is 1.81. The molecule has 18 heavy (non-hydrogen) atoms. The molecule has 0 amide bonds. The number of sulfonamides is 1. The summed E-state index contributed by atoms with van der Waals surface area (Å²) in [6.45, 7) is 0. The fourth-order valence-electron chi connectivity index (χ4n) is 1.57. The van der Waals surface area contributed by atoms with E-state index in [4.69, 9.17) is 5.26 Å². The molecule has 96 valence electrons. The second-order valence-electron chi connectivity index (χ2n) is 4.14. The first-order chi connectivity index (χ1) is 8.44. The van der Waals surface area contributed by atoms with E-state index < -0.39 is 16.1 Å². The monoisotopic (exact) mass is 392 g/mol. The van der Waals surface area contributed by atoms with Crippen LogP contribution in [0.4, 0.5) is 0 Å². The summed E-state index contributed by atoms with van der Waals surface area (Å²) in [5.41, 5.74) is 0. The second-order valence-corrected chi connectivity index (χ2v) is 7.59. The minimum Gasteiger partial charge on any atom is -0.207 e. The summed E-state index contributed by atoms with van der Waals surface area (Å²) in [5.74, 6) is 0.149. The first-order valence-corrected chi connectivity index (χ1v) is 8.38. The number of hydrogen-bond donors (Lipinski definition) is 1. The van der Waals surface area contributed by atoms with Crippen molar-refractivity contribution in [1.82, 2.24) is 4.72 Å². The molecule has 1 N–H and O–H groups in total. The third-order valence-corrected chi connectivity index (χ3v) is 5.63. The highest BCUT2D eigenvalue weighted by Crippen LogP contribution is 2.33. The van der Waals surface area contributed by atoms with Crippen LogP contribution in [-0.2, 0) is 10.0 Å². The van der Waals surface area contributed by atoms with Gasteiger partial charge in [0, 0.05) is 8.95 Å². The molecule has 1 saturated carbocycles. The molecule has 7 heteroatoms. The summed E-state index contributed by atoms with van der Waals surface area (Å²) in [5, 5.41) is 8.97. The smallest absolute Gasteiger partial charge is 0.207 e. The van der Waals surface area contributed by atoms with E-state index in [9.17, 15) is 8.42 Å². The maximum atomic E-state index is 12.2. The molecule has 2 rings (SSSR count). The van der Waals surface area contributed by atoms with Gasteiger partial charge >= 0.3 is 0 Å². The van der Waals surface area contributed by atoms with E-state index in [2.05, 4.69) is 36.6 Å². The number of nitriles is 1. The number of nitrogens with zero attached hydrogens (tertiary/aromatic N) is 1. The molecule has 0 spiro atoms. The quantitative estimate of drug-likeness (QED) is 0.854. The van der Waals surface area contributed by atoms with E-state index in [1.54, 1.807) is 12.1 Å². The van der Waals surface area contributed by atoms with Gasteiger partial charge in [-0.1, -0.05) is 15.9 Å². The van der Waals surface area contributed by atoms with E-state index in [1.807, 2.05) is 6.07 Å². The molecule has 0 aliphatic heterocycles. The molecular weight excluding hydrogens is 384 g/mol. The van der Waals surface area contributed by atoms with Crippen molar-refractivity contribution in [2.24, 2.45) is 5.92 Å². The SMILES string of the molecule is N#CC(NS(=O)(=O)c1cc(Br)ccc1Br)C1CC1. The zero-order chi connectivity index (χ0) is 13.3. The molecule has 1 aliphatic carbocycles. The van der Waals surface area contributed by atoms with Crippen molar-refractivity contribution >= 4 is 41.9 Å². The van der Waals surface area contributed by atoms with Crippen LogP contribution in [-0.4, -0.2) is 14.5 Å². The fraction of sp³-hybridized carbons (Fsp3) is 0.364. The van der Waals surface area contributed by atoms with Gasteiger partial charge in [-0.25, -0.2) is 8.42 Å². The number of rotatable bonds is 4. The first-order valence-electron chi connectivity index (χ1n) is 5.31. The molecule has 0 radical (unpaired) electrons. The normalized spacial score (nSPS) is 17.2. The molecule has 1 aromatic rings. The van der Waals surface area contributed by atoms with Crippen molar-refractivity contribution in [1.29, 1.82) is 5.26 Å². The van der Waals surface area contributed by atoms with Gasteiger partial charge in [0.1, 0.15) is 6.04 Å². The lowest BCUT2D eigenvalue weighted by Gasteiger charge is -2.12. The van der Waals surface area contributed by atoms with Gasteiger partial charge < -0.3 is 0 Å². The van der Waals surface area contributed by atoms with Crippen molar-refractivity contribution in [3.05, 3.63) is 27.1 Å². The van der Waals surface area contributed by atoms with Gasteiger partial charge in [-0.2, -0.15) is 9.98 Å². The van der Waals surface area contributed by atoms with Crippen LogP contribution < -0.4 is 4.72 Å². The molecule has 1 fully saturated rings. The van der Waals surface area contributed by atoms with Gasteiger partial charge in [-0.3, -0.25) is 0 Å². The highest BCUT2D eigenvalue weighted by molar-refractivity contribution is 9.11. The largest absolute Gasteiger partial charge is 0.242 e. The van der Waals surface area contributed by atoms with Crippen molar-refractivity contribution in [2.45, 2.75) is 23.8 Å².